The maximum atomic E-state index is 12.5. The Bertz CT molecular complexity index is 971. The van der Waals surface area contributed by atoms with Crippen LogP contribution in [0.2, 0.25) is 0 Å². The van der Waals surface area contributed by atoms with Gasteiger partial charge in [-0.3, -0.25) is 4.79 Å². The molecule has 0 spiro atoms. The lowest BCUT2D eigenvalue weighted by Gasteiger charge is -2.36. The average Bonchev–Trinajstić information content (AvgIpc) is 2.74. The molecule has 1 amide bonds. The molecule has 156 valence electrons. The van der Waals surface area contributed by atoms with Gasteiger partial charge in [-0.2, -0.15) is 0 Å². The van der Waals surface area contributed by atoms with E-state index in [1.165, 1.54) is 7.11 Å². The number of rotatable bonds is 6. The van der Waals surface area contributed by atoms with E-state index < -0.39 is 12.0 Å². The van der Waals surface area contributed by atoms with Crippen molar-refractivity contribution < 1.29 is 14.3 Å². The average molecular weight is 424 g/mol. The molecule has 0 radical (unpaired) electrons. The predicted molar refractivity (Wildman–Crippen MR) is 121 cm³/mol. The van der Waals surface area contributed by atoms with Crippen molar-refractivity contribution >= 4 is 34.9 Å². The third-order valence-electron chi connectivity index (χ3n) is 5.05. The van der Waals surface area contributed by atoms with Gasteiger partial charge >= 0.3 is 5.97 Å². The third kappa shape index (κ3) is 4.68. The minimum Gasteiger partial charge on any atom is -0.466 e. The highest BCUT2D eigenvalue weighted by Crippen LogP contribution is 2.31. The first-order chi connectivity index (χ1) is 14.4. The summed E-state index contributed by atoms with van der Waals surface area (Å²) in [7, 11) is 1.37. The minimum atomic E-state index is -0.415. The van der Waals surface area contributed by atoms with Crippen molar-refractivity contribution in [3.63, 3.8) is 0 Å². The number of nitrogens with one attached hydrogen (secondary N) is 2. The number of hydrogen-bond donors (Lipinski definition) is 2. The van der Waals surface area contributed by atoms with Gasteiger partial charge in [0.2, 0.25) is 5.91 Å². The van der Waals surface area contributed by atoms with Crippen LogP contribution in [-0.4, -0.2) is 35.5 Å². The Balaban J connectivity index is 1.79. The number of hydrogen-bond acceptors (Lipinski definition) is 4. The molecule has 0 aliphatic carbocycles. The van der Waals surface area contributed by atoms with Crippen LogP contribution in [0, 0.1) is 0 Å². The number of ether oxygens (including phenoxy) is 1. The van der Waals surface area contributed by atoms with Crippen LogP contribution in [0.15, 0.2) is 65.9 Å². The Morgan fingerprint density at radius 3 is 2.40 bits per heavy atom. The number of benzene rings is 2. The molecule has 7 heteroatoms. The lowest BCUT2D eigenvalue weighted by molar-refractivity contribution is -0.136. The maximum absolute atomic E-state index is 12.5. The topological polar surface area (TPSA) is 70.7 Å². The quantitative estimate of drug-likeness (QED) is 0.547. The van der Waals surface area contributed by atoms with E-state index in [0.29, 0.717) is 29.3 Å². The van der Waals surface area contributed by atoms with Gasteiger partial charge in [-0.15, -0.1) is 0 Å². The summed E-state index contributed by atoms with van der Waals surface area (Å²) < 4.78 is 5.01. The van der Waals surface area contributed by atoms with Gasteiger partial charge in [0.05, 0.1) is 25.1 Å². The summed E-state index contributed by atoms with van der Waals surface area (Å²) in [5.41, 5.74) is 3.80. The molecule has 0 aromatic heterocycles. The lowest BCUT2D eigenvalue weighted by Crippen LogP contribution is -2.47. The Kier molecular flexibility index (Phi) is 6.84. The number of allylic oxidation sites excluding steroid dienone is 1. The number of thiocarbonyl (C=S) groups is 1. The molecular formula is C23H25N3O3S. The van der Waals surface area contributed by atoms with E-state index in [4.69, 9.17) is 17.0 Å². The Hall–Kier alpha value is -3.19. The fourth-order valence-electron chi connectivity index (χ4n) is 3.53. The highest BCUT2D eigenvalue weighted by atomic mass is 32.1. The van der Waals surface area contributed by atoms with Crippen LogP contribution >= 0.6 is 12.2 Å². The molecule has 1 aliphatic heterocycles. The summed E-state index contributed by atoms with van der Waals surface area (Å²) in [5, 5.41) is 6.70. The monoisotopic (exact) mass is 423 g/mol. The summed E-state index contributed by atoms with van der Waals surface area (Å²) in [5.74, 6) is -0.485. The first kappa shape index (κ1) is 21.5. The highest BCUT2D eigenvalue weighted by molar-refractivity contribution is 7.80. The first-order valence-electron chi connectivity index (χ1n) is 9.75. The molecule has 1 unspecified atom stereocenters. The molecule has 1 atom stereocenters. The van der Waals surface area contributed by atoms with Crippen molar-refractivity contribution in [2.24, 2.45) is 0 Å². The van der Waals surface area contributed by atoms with Gasteiger partial charge in [0.25, 0.3) is 0 Å². The molecule has 2 aromatic carbocycles. The van der Waals surface area contributed by atoms with Crippen LogP contribution in [0.3, 0.4) is 0 Å². The zero-order valence-electron chi connectivity index (χ0n) is 17.3. The second kappa shape index (κ2) is 9.54. The van der Waals surface area contributed by atoms with Crippen LogP contribution in [0.5, 0.6) is 0 Å². The zero-order valence-corrected chi connectivity index (χ0v) is 18.1. The smallest absolute Gasteiger partial charge is 0.337 e. The summed E-state index contributed by atoms with van der Waals surface area (Å²) in [6.45, 7) is 4.49. The van der Waals surface area contributed by atoms with Crippen LogP contribution in [-0.2, 0) is 20.7 Å². The zero-order chi connectivity index (χ0) is 21.7. The van der Waals surface area contributed by atoms with Gasteiger partial charge in [0, 0.05) is 17.9 Å². The number of nitrogens with zero attached hydrogens (tertiary/aromatic N) is 1. The standard InChI is InChI=1S/C23H25N3O3S/c1-4-26-15(2)20(22(28)29-3)21(25-23(26)30)17-10-12-18(13-11-17)24-19(27)14-16-8-6-5-7-9-16/h5-13,21H,4,14H2,1-3H3,(H,24,27)(H,25,30). The predicted octanol–water partition coefficient (Wildman–Crippen LogP) is 3.57. The summed E-state index contributed by atoms with van der Waals surface area (Å²) in [6, 6.07) is 16.5. The maximum Gasteiger partial charge on any atom is 0.337 e. The van der Waals surface area contributed by atoms with E-state index in [2.05, 4.69) is 10.6 Å². The minimum absolute atomic E-state index is 0.0875. The van der Waals surface area contributed by atoms with Gasteiger partial charge < -0.3 is 20.3 Å². The van der Waals surface area contributed by atoms with Crippen molar-refractivity contribution in [2.45, 2.75) is 26.3 Å². The molecule has 3 rings (SSSR count). The highest BCUT2D eigenvalue weighted by Gasteiger charge is 2.33. The number of amides is 1. The number of methoxy groups -OCH3 is 1. The largest absolute Gasteiger partial charge is 0.466 e. The van der Waals surface area contributed by atoms with Crippen LogP contribution in [0.1, 0.15) is 31.0 Å². The Morgan fingerprint density at radius 2 is 1.80 bits per heavy atom. The number of carbonyl (C=O) groups is 2. The van der Waals surface area contributed by atoms with E-state index in [1.807, 2.05) is 73.3 Å². The molecule has 1 heterocycles. The van der Waals surface area contributed by atoms with E-state index in [0.717, 1.165) is 16.8 Å². The molecule has 6 nitrogen and oxygen atoms in total. The summed E-state index contributed by atoms with van der Waals surface area (Å²) in [6.07, 6.45) is 0.308. The molecule has 30 heavy (non-hydrogen) atoms. The van der Waals surface area contributed by atoms with Gasteiger partial charge in [0.1, 0.15) is 0 Å². The van der Waals surface area contributed by atoms with E-state index in [9.17, 15) is 9.59 Å². The van der Waals surface area contributed by atoms with Crippen molar-refractivity contribution in [3.05, 3.63) is 77.0 Å². The van der Waals surface area contributed by atoms with E-state index >= 15 is 0 Å². The van der Waals surface area contributed by atoms with Gasteiger partial charge in [-0.25, -0.2) is 4.79 Å². The molecule has 0 fully saturated rings. The molecule has 2 aromatic rings. The second-order valence-electron chi connectivity index (χ2n) is 6.95. The second-order valence-corrected chi connectivity index (χ2v) is 7.34. The normalized spacial score (nSPS) is 16.2. The van der Waals surface area contributed by atoms with Crippen molar-refractivity contribution in [2.75, 3.05) is 19.0 Å². The first-order valence-corrected chi connectivity index (χ1v) is 10.2. The van der Waals surface area contributed by atoms with Crippen molar-refractivity contribution in [1.29, 1.82) is 0 Å². The Morgan fingerprint density at radius 1 is 1.13 bits per heavy atom. The molecular weight excluding hydrogens is 398 g/mol. The number of anilines is 1. The molecule has 1 aliphatic rings. The fourth-order valence-corrected chi connectivity index (χ4v) is 3.92. The Labute approximate surface area is 181 Å². The van der Waals surface area contributed by atoms with Gasteiger partial charge in [-0.1, -0.05) is 42.5 Å². The van der Waals surface area contributed by atoms with Crippen LogP contribution in [0.4, 0.5) is 5.69 Å². The molecule has 2 N–H and O–H groups in total. The van der Waals surface area contributed by atoms with Crippen molar-refractivity contribution in [1.82, 2.24) is 10.2 Å². The fraction of sp³-hybridized carbons (Fsp3) is 0.261. The van der Waals surface area contributed by atoms with Gasteiger partial charge in [-0.05, 0) is 49.3 Å². The molecule has 0 saturated carbocycles. The number of esters is 1. The number of carbonyl (C=O) groups excluding carboxylic acids is 2. The molecule has 0 saturated heterocycles. The van der Waals surface area contributed by atoms with E-state index in [1.54, 1.807) is 0 Å². The van der Waals surface area contributed by atoms with Gasteiger partial charge in [0.15, 0.2) is 5.11 Å². The molecule has 0 bridgehead atoms. The van der Waals surface area contributed by atoms with E-state index in [-0.39, 0.29) is 5.91 Å². The third-order valence-corrected chi connectivity index (χ3v) is 5.39. The summed E-state index contributed by atoms with van der Waals surface area (Å²) in [4.78, 5) is 26.6. The SMILES string of the molecule is CCN1C(=S)NC(c2ccc(NC(=O)Cc3ccccc3)cc2)C(C(=O)OC)=C1C. The lowest BCUT2D eigenvalue weighted by atomic mass is 9.95. The summed E-state index contributed by atoms with van der Waals surface area (Å²) >= 11 is 5.47. The van der Waals surface area contributed by atoms with Crippen LogP contribution < -0.4 is 10.6 Å². The van der Waals surface area contributed by atoms with Crippen LogP contribution in [0.25, 0.3) is 0 Å². The van der Waals surface area contributed by atoms with Crippen molar-refractivity contribution in [3.8, 4) is 0 Å².